The molecule has 220 valence electrons. The number of rotatable bonds is 8. The molecule has 10 nitrogen and oxygen atoms in total. The molecule has 2 N–H and O–H groups in total. The topological polar surface area (TPSA) is 122 Å². The van der Waals surface area contributed by atoms with Crippen LogP contribution in [0.4, 0.5) is 10.1 Å². The number of nitrogens with zero attached hydrogens (tertiary/aromatic N) is 4. The summed E-state index contributed by atoms with van der Waals surface area (Å²) >= 11 is 0. The second-order valence-corrected chi connectivity index (χ2v) is 10.5. The van der Waals surface area contributed by atoms with Gasteiger partial charge in [0, 0.05) is 38.3 Å². The fraction of sp³-hybridized carbons (Fsp3) is 0.419. The van der Waals surface area contributed by atoms with Crippen LogP contribution in [0.1, 0.15) is 35.8 Å². The van der Waals surface area contributed by atoms with Crippen molar-refractivity contribution in [2.75, 3.05) is 51.3 Å². The Bertz CT molecular complexity index is 1440. The van der Waals surface area contributed by atoms with Crippen molar-refractivity contribution in [2.24, 2.45) is 0 Å². The van der Waals surface area contributed by atoms with Crippen molar-refractivity contribution < 1.29 is 23.4 Å². The van der Waals surface area contributed by atoms with Gasteiger partial charge in [-0.05, 0) is 69.4 Å². The van der Waals surface area contributed by atoms with E-state index in [1.165, 1.54) is 25.1 Å². The van der Waals surface area contributed by atoms with Gasteiger partial charge in [-0.2, -0.15) is 5.26 Å². The third kappa shape index (κ3) is 6.51. The van der Waals surface area contributed by atoms with Gasteiger partial charge in [-0.3, -0.25) is 4.79 Å². The lowest BCUT2D eigenvalue weighted by molar-refractivity contribution is -0.0196. The van der Waals surface area contributed by atoms with Gasteiger partial charge < -0.3 is 29.7 Å². The number of hydrogen-bond acceptors (Lipinski definition) is 10. The smallest absolute Gasteiger partial charge is 0.222 e. The molecule has 0 amide bonds. The first-order valence-electron chi connectivity index (χ1n) is 14.1. The van der Waals surface area contributed by atoms with Gasteiger partial charge in [0.1, 0.15) is 35.0 Å². The summed E-state index contributed by atoms with van der Waals surface area (Å²) in [4.78, 5) is 22.8. The number of halogens is 1. The number of aromatic nitrogens is 2. The zero-order chi connectivity index (χ0) is 29.5. The minimum atomic E-state index is -0.481. The highest BCUT2D eigenvalue weighted by molar-refractivity contribution is 5.84. The highest BCUT2D eigenvalue weighted by atomic mass is 19.1. The Morgan fingerprint density at radius 3 is 2.86 bits per heavy atom. The van der Waals surface area contributed by atoms with Gasteiger partial charge in [0.15, 0.2) is 6.29 Å². The minimum absolute atomic E-state index is 0.157. The van der Waals surface area contributed by atoms with Crippen molar-refractivity contribution >= 4 is 12.0 Å². The first-order valence-corrected chi connectivity index (χ1v) is 14.1. The lowest BCUT2D eigenvalue weighted by Crippen LogP contribution is -2.62. The minimum Gasteiger partial charge on any atom is -0.487 e. The molecule has 3 aromatic rings. The fourth-order valence-electron chi connectivity index (χ4n) is 5.50. The lowest BCUT2D eigenvalue weighted by Gasteiger charge is -2.48. The Morgan fingerprint density at radius 2 is 2.17 bits per heavy atom. The maximum Gasteiger partial charge on any atom is 0.222 e. The Morgan fingerprint density at radius 1 is 1.31 bits per heavy atom. The number of aldehydes is 1. The first-order chi connectivity index (χ1) is 20.5. The molecule has 2 atom stereocenters. The van der Waals surface area contributed by atoms with E-state index in [-0.39, 0.29) is 11.7 Å². The van der Waals surface area contributed by atoms with E-state index in [2.05, 4.69) is 20.6 Å². The molecule has 1 unspecified atom stereocenters. The van der Waals surface area contributed by atoms with Gasteiger partial charge in [0.25, 0.3) is 0 Å². The molecule has 2 aromatic heterocycles. The summed E-state index contributed by atoms with van der Waals surface area (Å²) in [5.41, 5.74) is 2.15. The second-order valence-electron chi connectivity index (χ2n) is 10.5. The molecule has 6 rings (SSSR count). The summed E-state index contributed by atoms with van der Waals surface area (Å²) in [5, 5.41) is 15.7. The molecule has 0 saturated carbocycles. The molecule has 5 heterocycles. The molecular formula is C31H35FN6O4. The fourth-order valence-corrected chi connectivity index (χ4v) is 5.50. The van der Waals surface area contributed by atoms with E-state index in [1.54, 1.807) is 12.3 Å². The standard InChI is InChI=1S/C26H23FN4O4.C5H12N2/c1-2-33-25-20(4-3-9-29-25)21-6-7-23(22(13-32)30-21)31-15-26(16-31)11-19(14-34-26)35-24-8-5-18(27)10-17(24)12-28;1-6-5-2-3-7-4-5/h3-10,13,19H,2,11,14-16H2,1H3;5-7H,2-4H2,1H3/t;5-/m.1/s1. The maximum atomic E-state index is 13.4. The number of benzene rings is 1. The summed E-state index contributed by atoms with van der Waals surface area (Å²) in [6.07, 6.45) is 4.07. The van der Waals surface area contributed by atoms with Crippen LogP contribution in [-0.4, -0.2) is 80.4 Å². The van der Waals surface area contributed by atoms with Crippen LogP contribution < -0.4 is 25.0 Å². The molecule has 3 aliphatic heterocycles. The van der Waals surface area contributed by atoms with E-state index in [4.69, 9.17) is 14.2 Å². The normalized spacial score (nSPS) is 20.3. The van der Waals surface area contributed by atoms with Crippen LogP contribution in [0.3, 0.4) is 0 Å². The Balaban J connectivity index is 0.000000442. The van der Waals surface area contributed by atoms with Crippen molar-refractivity contribution in [3.05, 3.63) is 65.7 Å². The van der Waals surface area contributed by atoms with Crippen LogP contribution >= 0.6 is 0 Å². The summed E-state index contributed by atoms with van der Waals surface area (Å²) in [6.45, 7) is 6.23. The number of likely N-dealkylation sites (N-methyl/N-ethyl adjacent to an activating group) is 1. The van der Waals surface area contributed by atoms with Crippen LogP contribution in [0.5, 0.6) is 11.6 Å². The van der Waals surface area contributed by atoms with Crippen LogP contribution in [0.15, 0.2) is 48.7 Å². The van der Waals surface area contributed by atoms with Crippen molar-refractivity contribution in [1.29, 1.82) is 5.26 Å². The molecule has 1 spiro atoms. The largest absolute Gasteiger partial charge is 0.487 e. The number of nitriles is 1. The number of nitrogens with one attached hydrogen (secondary N) is 2. The van der Waals surface area contributed by atoms with Gasteiger partial charge in [0.2, 0.25) is 5.88 Å². The number of ether oxygens (including phenoxy) is 3. The van der Waals surface area contributed by atoms with E-state index in [0.717, 1.165) is 36.2 Å². The SMILES string of the molecule is CCOc1ncccc1-c1ccc(N2CC3(CC(Oc4ccc(F)cc4C#N)CO3)C2)c(C=O)n1.CN[C@@H]1CCNC1. The van der Waals surface area contributed by atoms with E-state index in [1.807, 2.05) is 43.1 Å². The van der Waals surface area contributed by atoms with Crippen LogP contribution in [0.25, 0.3) is 11.3 Å². The van der Waals surface area contributed by atoms with E-state index in [0.29, 0.717) is 55.7 Å². The molecular weight excluding hydrogens is 539 g/mol. The molecule has 1 aromatic carbocycles. The molecule has 0 radical (unpaired) electrons. The maximum absolute atomic E-state index is 13.4. The first kappa shape index (κ1) is 29.4. The molecule has 0 aliphatic carbocycles. The monoisotopic (exact) mass is 574 g/mol. The molecule has 42 heavy (non-hydrogen) atoms. The zero-order valence-corrected chi connectivity index (χ0v) is 23.8. The van der Waals surface area contributed by atoms with Crippen LogP contribution in [-0.2, 0) is 4.74 Å². The molecule has 11 heteroatoms. The Hall–Kier alpha value is -4.11. The summed E-state index contributed by atoms with van der Waals surface area (Å²) in [7, 11) is 2.01. The number of carbonyl (C=O) groups excluding carboxylic acids is 1. The van der Waals surface area contributed by atoms with Crippen molar-refractivity contribution in [3.63, 3.8) is 0 Å². The molecule has 3 aliphatic rings. The predicted molar refractivity (Wildman–Crippen MR) is 155 cm³/mol. The summed E-state index contributed by atoms with van der Waals surface area (Å²) in [5.74, 6) is 0.340. The van der Waals surface area contributed by atoms with Gasteiger partial charge in [-0.15, -0.1) is 0 Å². The lowest BCUT2D eigenvalue weighted by atomic mass is 9.89. The summed E-state index contributed by atoms with van der Waals surface area (Å²) < 4.78 is 31.0. The van der Waals surface area contributed by atoms with E-state index < -0.39 is 11.4 Å². The molecule has 3 fully saturated rings. The molecule has 0 bridgehead atoms. The quantitative estimate of drug-likeness (QED) is 0.388. The number of carbonyl (C=O) groups is 1. The third-order valence-corrected chi connectivity index (χ3v) is 7.64. The van der Waals surface area contributed by atoms with Crippen LogP contribution in [0, 0.1) is 17.1 Å². The number of anilines is 1. The Kier molecular flexibility index (Phi) is 9.27. The number of hydrogen-bond donors (Lipinski definition) is 2. The summed E-state index contributed by atoms with van der Waals surface area (Å²) in [6, 6.07) is 14.0. The van der Waals surface area contributed by atoms with Gasteiger partial charge in [-0.25, -0.2) is 14.4 Å². The highest BCUT2D eigenvalue weighted by Crippen LogP contribution is 2.40. The highest BCUT2D eigenvalue weighted by Gasteiger charge is 2.51. The van der Waals surface area contributed by atoms with E-state index in [9.17, 15) is 14.4 Å². The van der Waals surface area contributed by atoms with Crippen molar-refractivity contribution in [1.82, 2.24) is 20.6 Å². The third-order valence-electron chi connectivity index (χ3n) is 7.64. The molecule has 3 saturated heterocycles. The van der Waals surface area contributed by atoms with Crippen molar-refractivity contribution in [2.45, 2.75) is 37.5 Å². The van der Waals surface area contributed by atoms with Gasteiger partial charge in [-0.1, -0.05) is 0 Å². The van der Waals surface area contributed by atoms with E-state index >= 15 is 0 Å². The Labute approximate surface area is 244 Å². The predicted octanol–water partition coefficient (Wildman–Crippen LogP) is 3.36. The zero-order valence-electron chi connectivity index (χ0n) is 23.8. The van der Waals surface area contributed by atoms with Gasteiger partial charge in [0.05, 0.1) is 35.7 Å². The van der Waals surface area contributed by atoms with Crippen molar-refractivity contribution in [3.8, 4) is 29.0 Å². The van der Waals surface area contributed by atoms with Gasteiger partial charge >= 0.3 is 0 Å². The average molecular weight is 575 g/mol. The van der Waals surface area contributed by atoms with Crippen LogP contribution in [0.2, 0.25) is 0 Å². The number of pyridine rings is 2. The second kappa shape index (κ2) is 13.2. The average Bonchev–Trinajstić information content (AvgIpc) is 3.68.